The predicted octanol–water partition coefficient (Wildman–Crippen LogP) is 2.38. The van der Waals surface area contributed by atoms with Gasteiger partial charge in [0.2, 0.25) is 0 Å². The minimum atomic E-state index is 0.683. The SMILES string of the molecule is COc1cc2[nH]c(C)c(C)c2cc1N. The molecule has 74 valence electrons. The lowest BCUT2D eigenvalue weighted by Crippen LogP contribution is -1.91. The molecule has 0 spiro atoms. The molecule has 0 radical (unpaired) electrons. The number of nitrogen functional groups attached to an aromatic ring is 1. The number of anilines is 1. The number of methoxy groups -OCH3 is 1. The first-order valence-corrected chi connectivity index (χ1v) is 4.56. The molecule has 3 N–H and O–H groups in total. The van der Waals surface area contributed by atoms with Gasteiger partial charge in [-0.05, 0) is 25.5 Å². The summed E-state index contributed by atoms with van der Waals surface area (Å²) in [6.45, 7) is 4.14. The van der Waals surface area contributed by atoms with E-state index in [-0.39, 0.29) is 0 Å². The first kappa shape index (κ1) is 8.94. The van der Waals surface area contributed by atoms with Crippen LogP contribution in [0.15, 0.2) is 12.1 Å². The highest BCUT2D eigenvalue weighted by atomic mass is 16.5. The van der Waals surface area contributed by atoms with Crippen molar-refractivity contribution in [1.82, 2.24) is 4.98 Å². The van der Waals surface area contributed by atoms with Crippen LogP contribution in [0.5, 0.6) is 5.75 Å². The molecule has 2 rings (SSSR count). The van der Waals surface area contributed by atoms with Crippen LogP contribution in [0.2, 0.25) is 0 Å². The molecule has 3 nitrogen and oxygen atoms in total. The Morgan fingerprint density at radius 2 is 2.00 bits per heavy atom. The van der Waals surface area contributed by atoms with E-state index in [0.29, 0.717) is 5.69 Å². The molecule has 1 aromatic heterocycles. The molecule has 0 aliphatic rings. The molecule has 0 unspecified atom stereocenters. The molecule has 2 aromatic rings. The number of hydrogen-bond acceptors (Lipinski definition) is 2. The Hall–Kier alpha value is -1.64. The molecule has 0 saturated heterocycles. The van der Waals surface area contributed by atoms with Crippen LogP contribution in [-0.2, 0) is 0 Å². The number of aromatic nitrogens is 1. The van der Waals surface area contributed by atoms with Crippen molar-refractivity contribution in [2.75, 3.05) is 12.8 Å². The maximum Gasteiger partial charge on any atom is 0.143 e. The van der Waals surface area contributed by atoms with Gasteiger partial charge in [0.05, 0.1) is 12.8 Å². The van der Waals surface area contributed by atoms with Crippen molar-refractivity contribution < 1.29 is 4.74 Å². The lowest BCUT2D eigenvalue weighted by Gasteiger charge is -2.03. The van der Waals surface area contributed by atoms with Crippen molar-refractivity contribution in [1.29, 1.82) is 0 Å². The Morgan fingerprint density at radius 3 is 2.64 bits per heavy atom. The minimum absolute atomic E-state index is 0.683. The molecule has 0 fully saturated rings. The molecule has 3 heteroatoms. The largest absolute Gasteiger partial charge is 0.495 e. The average Bonchev–Trinajstić information content (AvgIpc) is 2.43. The van der Waals surface area contributed by atoms with Crippen molar-refractivity contribution in [2.24, 2.45) is 0 Å². The molecule has 1 heterocycles. The fraction of sp³-hybridized carbons (Fsp3) is 0.273. The van der Waals surface area contributed by atoms with E-state index in [1.54, 1.807) is 7.11 Å². The van der Waals surface area contributed by atoms with Crippen molar-refractivity contribution in [2.45, 2.75) is 13.8 Å². The van der Waals surface area contributed by atoms with Crippen LogP contribution in [0.25, 0.3) is 10.9 Å². The second-order valence-corrected chi connectivity index (χ2v) is 3.51. The van der Waals surface area contributed by atoms with Gasteiger partial charge < -0.3 is 15.5 Å². The fourth-order valence-corrected chi connectivity index (χ4v) is 1.68. The summed E-state index contributed by atoms with van der Waals surface area (Å²) in [5.41, 5.74) is 10.0. The fourth-order valence-electron chi connectivity index (χ4n) is 1.68. The van der Waals surface area contributed by atoms with Crippen LogP contribution >= 0.6 is 0 Å². The molecular weight excluding hydrogens is 176 g/mol. The monoisotopic (exact) mass is 190 g/mol. The topological polar surface area (TPSA) is 51.0 Å². The summed E-state index contributed by atoms with van der Waals surface area (Å²) in [4.78, 5) is 3.29. The van der Waals surface area contributed by atoms with Crippen molar-refractivity contribution >= 4 is 16.6 Å². The molecule has 0 saturated carbocycles. The Morgan fingerprint density at radius 1 is 1.29 bits per heavy atom. The number of ether oxygens (including phenoxy) is 1. The first-order chi connectivity index (χ1) is 6.63. The zero-order valence-corrected chi connectivity index (χ0v) is 8.64. The maximum atomic E-state index is 5.84. The lowest BCUT2D eigenvalue weighted by atomic mass is 10.1. The highest BCUT2D eigenvalue weighted by Crippen LogP contribution is 2.30. The van der Waals surface area contributed by atoms with Gasteiger partial charge in [-0.3, -0.25) is 0 Å². The van der Waals surface area contributed by atoms with E-state index in [1.807, 2.05) is 12.1 Å². The predicted molar refractivity (Wildman–Crippen MR) is 58.7 cm³/mol. The number of nitrogens with two attached hydrogens (primary N) is 1. The van der Waals surface area contributed by atoms with Crippen molar-refractivity contribution in [3.05, 3.63) is 23.4 Å². The number of benzene rings is 1. The van der Waals surface area contributed by atoms with Gasteiger partial charge in [-0.1, -0.05) is 0 Å². The number of nitrogens with one attached hydrogen (secondary N) is 1. The van der Waals surface area contributed by atoms with Gasteiger partial charge >= 0.3 is 0 Å². The first-order valence-electron chi connectivity index (χ1n) is 4.56. The van der Waals surface area contributed by atoms with Crippen molar-refractivity contribution in [3.63, 3.8) is 0 Å². The second-order valence-electron chi connectivity index (χ2n) is 3.51. The molecular formula is C11H14N2O. The van der Waals surface area contributed by atoms with Gasteiger partial charge in [0.1, 0.15) is 5.75 Å². The average molecular weight is 190 g/mol. The smallest absolute Gasteiger partial charge is 0.143 e. The number of hydrogen-bond donors (Lipinski definition) is 2. The molecule has 0 atom stereocenters. The quantitative estimate of drug-likeness (QED) is 0.678. The normalized spacial score (nSPS) is 10.8. The zero-order chi connectivity index (χ0) is 10.3. The minimum Gasteiger partial charge on any atom is -0.495 e. The zero-order valence-electron chi connectivity index (χ0n) is 8.64. The van der Waals surface area contributed by atoms with Crippen LogP contribution < -0.4 is 10.5 Å². The van der Waals surface area contributed by atoms with E-state index in [9.17, 15) is 0 Å². The number of H-pyrrole nitrogens is 1. The summed E-state index contributed by atoms with van der Waals surface area (Å²) in [5.74, 6) is 0.721. The van der Waals surface area contributed by atoms with E-state index >= 15 is 0 Å². The molecule has 0 aliphatic carbocycles. The Balaban J connectivity index is 2.79. The number of aryl methyl sites for hydroxylation is 2. The third-order valence-electron chi connectivity index (χ3n) is 2.66. The molecule has 1 aromatic carbocycles. The third kappa shape index (κ3) is 1.13. The summed E-state index contributed by atoms with van der Waals surface area (Å²) in [5, 5.41) is 1.17. The van der Waals surface area contributed by atoms with Crippen LogP contribution in [-0.4, -0.2) is 12.1 Å². The standard InChI is InChI=1S/C11H14N2O/c1-6-7(2)13-10-5-11(14-3)9(12)4-8(6)10/h4-5,13H,12H2,1-3H3. The van der Waals surface area contributed by atoms with Crippen LogP contribution in [0, 0.1) is 13.8 Å². The lowest BCUT2D eigenvalue weighted by molar-refractivity contribution is 0.417. The van der Waals surface area contributed by atoms with Gasteiger partial charge in [-0.15, -0.1) is 0 Å². The summed E-state index contributed by atoms with van der Waals surface area (Å²) in [6.07, 6.45) is 0. The summed E-state index contributed by atoms with van der Waals surface area (Å²) >= 11 is 0. The number of fused-ring (bicyclic) bond motifs is 1. The van der Waals surface area contributed by atoms with Crippen molar-refractivity contribution in [3.8, 4) is 5.75 Å². The molecule has 14 heavy (non-hydrogen) atoms. The number of rotatable bonds is 1. The number of aromatic amines is 1. The summed E-state index contributed by atoms with van der Waals surface area (Å²) in [7, 11) is 1.63. The van der Waals surface area contributed by atoms with E-state index in [4.69, 9.17) is 10.5 Å². The van der Waals surface area contributed by atoms with Crippen LogP contribution in [0.4, 0.5) is 5.69 Å². The second kappa shape index (κ2) is 2.94. The van der Waals surface area contributed by atoms with E-state index in [2.05, 4.69) is 18.8 Å². The van der Waals surface area contributed by atoms with E-state index < -0.39 is 0 Å². The third-order valence-corrected chi connectivity index (χ3v) is 2.66. The van der Waals surface area contributed by atoms with Crippen LogP contribution in [0.1, 0.15) is 11.3 Å². The van der Waals surface area contributed by atoms with Gasteiger partial charge in [0.15, 0.2) is 0 Å². The maximum absolute atomic E-state index is 5.84. The van der Waals surface area contributed by atoms with Crippen LogP contribution in [0.3, 0.4) is 0 Å². The van der Waals surface area contributed by atoms with Gasteiger partial charge in [-0.25, -0.2) is 0 Å². The summed E-state index contributed by atoms with van der Waals surface area (Å²) < 4.78 is 5.16. The Labute approximate surface area is 82.9 Å². The summed E-state index contributed by atoms with van der Waals surface area (Å²) in [6, 6.07) is 3.89. The van der Waals surface area contributed by atoms with Gasteiger partial charge in [0.25, 0.3) is 0 Å². The molecule has 0 amide bonds. The van der Waals surface area contributed by atoms with Gasteiger partial charge in [0, 0.05) is 22.7 Å². The highest BCUT2D eigenvalue weighted by molar-refractivity contribution is 5.89. The highest BCUT2D eigenvalue weighted by Gasteiger charge is 2.07. The molecule has 0 aliphatic heterocycles. The van der Waals surface area contributed by atoms with E-state index in [1.165, 1.54) is 16.6 Å². The Kier molecular flexibility index (Phi) is 1.88. The van der Waals surface area contributed by atoms with E-state index in [0.717, 1.165) is 11.3 Å². The Bertz CT molecular complexity index is 485. The van der Waals surface area contributed by atoms with Gasteiger partial charge in [-0.2, -0.15) is 0 Å². The molecule has 0 bridgehead atoms.